The van der Waals surface area contributed by atoms with Gasteiger partial charge < -0.3 is 5.32 Å². The van der Waals surface area contributed by atoms with Gasteiger partial charge in [-0.05, 0) is 34.5 Å². The summed E-state index contributed by atoms with van der Waals surface area (Å²) in [5, 5.41) is 10.6. The maximum atomic E-state index is 11.6. The Morgan fingerprint density at radius 1 is 0.958 bits per heavy atom. The molecule has 0 aliphatic heterocycles. The average molecular weight is 319 g/mol. The van der Waals surface area contributed by atoms with Gasteiger partial charge in [-0.25, -0.2) is 5.43 Å². The minimum atomic E-state index is -0.780. The van der Waals surface area contributed by atoms with E-state index < -0.39 is 11.8 Å². The fraction of sp³-hybridized carbons (Fsp3) is 0.105. The summed E-state index contributed by atoms with van der Waals surface area (Å²) in [6.07, 6.45) is 1.59. The standard InChI is InChI=1S/C19H17N3O2/c1-2-20-18(23)19(24)22-21-12-17-15-9-5-3-7-13(15)11-14-8-4-6-10-16(14)17/h3-12H,2H2,1H3,(H,20,23)(H,22,24)/b21-12-. The van der Waals surface area contributed by atoms with Crippen LogP contribution in [-0.4, -0.2) is 24.6 Å². The second-order valence-electron chi connectivity index (χ2n) is 5.29. The number of carbonyl (C=O) groups excluding carboxylic acids is 2. The Balaban J connectivity index is 1.99. The van der Waals surface area contributed by atoms with E-state index in [1.54, 1.807) is 13.1 Å². The van der Waals surface area contributed by atoms with Gasteiger partial charge in [0.2, 0.25) is 0 Å². The Kier molecular flexibility index (Phi) is 4.52. The van der Waals surface area contributed by atoms with E-state index in [9.17, 15) is 9.59 Å². The molecule has 3 aromatic rings. The first-order valence-electron chi connectivity index (χ1n) is 7.72. The molecule has 2 N–H and O–H groups in total. The molecule has 5 heteroatoms. The van der Waals surface area contributed by atoms with E-state index in [-0.39, 0.29) is 0 Å². The van der Waals surface area contributed by atoms with Gasteiger partial charge in [-0.15, -0.1) is 0 Å². The Bertz CT molecular complexity index is 894. The van der Waals surface area contributed by atoms with E-state index in [2.05, 4.69) is 21.9 Å². The van der Waals surface area contributed by atoms with E-state index >= 15 is 0 Å². The van der Waals surface area contributed by atoms with Gasteiger partial charge in [0, 0.05) is 12.1 Å². The molecule has 24 heavy (non-hydrogen) atoms. The van der Waals surface area contributed by atoms with Crippen molar-refractivity contribution in [3.8, 4) is 0 Å². The average Bonchev–Trinajstić information content (AvgIpc) is 2.61. The summed E-state index contributed by atoms with van der Waals surface area (Å²) < 4.78 is 0. The lowest BCUT2D eigenvalue weighted by molar-refractivity contribution is -0.139. The summed E-state index contributed by atoms with van der Waals surface area (Å²) in [7, 11) is 0. The second kappa shape index (κ2) is 6.91. The number of hydrazone groups is 1. The minimum absolute atomic E-state index is 0.393. The maximum Gasteiger partial charge on any atom is 0.329 e. The number of amides is 2. The van der Waals surface area contributed by atoms with E-state index in [1.807, 2.05) is 48.5 Å². The maximum absolute atomic E-state index is 11.6. The third-order valence-electron chi connectivity index (χ3n) is 3.72. The van der Waals surface area contributed by atoms with E-state index in [0.717, 1.165) is 27.1 Å². The molecule has 0 saturated carbocycles. The molecule has 0 atom stereocenters. The summed E-state index contributed by atoms with van der Waals surface area (Å²) in [6, 6.07) is 18.1. The Labute approximate surface area is 139 Å². The van der Waals surface area contributed by atoms with Crippen molar-refractivity contribution in [2.24, 2.45) is 5.10 Å². The molecule has 5 nitrogen and oxygen atoms in total. The fourth-order valence-electron chi connectivity index (χ4n) is 2.64. The molecule has 0 aliphatic carbocycles. The van der Waals surface area contributed by atoms with Crippen molar-refractivity contribution in [2.45, 2.75) is 6.92 Å². The van der Waals surface area contributed by atoms with Gasteiger partial charge in [-0.1, -0.05) is 48.5 Å². The zero-order valence-electron chi connectivity index (χ0n) is 13.2. The van der Waals surface area contributed by atoms with Crippen molar-refractivity contribution in [3.63, 3.8) is 0 Å². The van der Waals surface area contributed by atoms with Crippen LogP contribution in [0.2, 0.25) is 0 Å². The van der Waals surface area contributed by atoms with Gasteiger partial charge in [-0.2, -0.15) is 5.10 Å². The summed E-state index contributed by atoms with van der Waals surface area (Å²) >= 11 is 0. The molecule has 0 saturated heterocycles. The van der Waals surface area contributed by atoms with Gasteiger partial charge in [0.25, 0.3) is 0 Å². The number of nitrogens with one attached hydrogen (secondary N) is 2. The molecule has 0 radical (unpaired) electrons. The predicted octanol–water partition coefficient (Wildman–Crippen LogP) is 2.58. The third-order valence-corrected chi connectivity index (χ3v) is 3.72. The number of nitrogens with zero attached hydrogens (tertiary/aromatic N) is 1. The molecule has 120 valence electrons. The number of likely N-dealkylation sites (N-methyl/N-ethyl adjacent to an activating group) is 1. The number of carbonyl (C=O) groups is 2. The zero-order chi connectivity index (χ0) is 16.9. The van der Waals surface area contributed by atoms with Gasteiger partial charge in [0.15, 0.2) is 0 Å². The number of benzene rings is 3. The molecule has 0 aliphatic rings. The highest BCUT2D eigenvalue weighted by Crippen LogP contribution is 2.27. The summed E-state index contributed by atoms with van der Waals surface area (Å²) in [5.74, 6) is -1.48. The molecule has 2 amide bonds. The van der Waals surface area contributed by atoms with Crippen LogP contribution in [0.4, 0.5) is 0 Å². The van der Waals surface area contributed by atoms with Crippen LogP contribution in [0.25, 0.3) is 21.5 Å². The molecular weight excluding hydrogens is 302 g/mol. The SMILES string of the molecule is CCNC(=O)C(=O)N/N=C\c1c2ccccc2cc2ccccc12. The summed E-state index contributed by atoms with van der Waals surface area (Å²) in [5.41, 5.74) is 3.17. The van der Waals surface area contributed by atoms with Crippen molar-refractivity contribution in [1.82, 2.24) is 10.7 Å². The van der Waals surface area contributed by atoms with Crippen LogP contribution in [-0.2, 0) is 9.59 Å². The van der Waals surface area contributed by atoms with E-state index in [4.69, 9.17) is 0 Å². The van der Waals surface area contributed by atoms with Crippen LogP contribution in [0.1, 0.15) is 12.5 Å². The Morgan fingerprint density at radius 3 is 2.12 bits per heavy atom. The second-order valence-corrected chi connectivity index (χ2v) is 5.29. The summed E-state index contributed by atoms with van der Waals surface area (Å²) in [4.78, 5) is 23.0. The highest BCUT2D eigenvalue weighted by atomic mass is 16.2. The lowest BCUT2D eigenvalue weighted by Crippen LogP contribution is -2.37. The fourth-order valence-corrected chi connectivity index (χ4v) is 2.64. The highest BCUT2D eigenvalue weighted by molar-refractivity contribution is 6.35. The van der Waals surface area contributed by atoms with Crippen LogP contribution in [0.3, 0.4) is 0 Å². The Morgan fingerprint density at radius 2 is 1.54 bits per heavy atom. The predicted molar refractivity (Wildman–Crippen MR) is 95.9 cm³/mol. The van der Waals surface area contributed by atoms with Crippen LogP contribution >= 0.6 is 0 Å². The lowest BCUT2D eigenvalue weighted by atomic mass is 9.97. The van der Waals surface area contributed by atoms with Crippen molar-refractivity contribution >= 4 is 39.6 Å². The Hall–Kier alpha value is -3.21. The number of hydrogen-bond donors (Lipinski definition) is 2. The molecule has 0 bridgehead atoms. The first-order valence-corrected chi connectivity index (χ1v) is 7.72. The first kappa shape index (κ1) is 15.7. The van der Waals surface area contributed by atoms with Crippen molar-refractivity contribution in [3.05, 3.63) is 60.2 Å². The van der Waals surface area contributed by atoms with E-state index in [1.165, 1.54) is 0 Å². The smallest absolute Gasteiger partial charge is 0.329 e. The summed E-state index contributed by atoms with van der Waals surface area (Å²) in [6.45, 7) is 2.14. The topological polar surface area (TPSA) is 70.6 Å². The first-order chi connectivity index (χ1) is 11.7. The van der Waals surface area contributed by atoms with Crippen molar-refractivity contribution < 1.29 is 9.59 Å². The van der Waals surface area contributed by atoms with Gasteiger partial charge in [-0.3, -0.25) is 9.59 Å². The monoisotopic (exact) mass is 319 g/mol. The largest absolute Gasteiger partial charge is 0.348 e. The minimum Gasteiger partial charge on any atom is -0.348 e. The molecule has 0 heterocycles. The number of rotatable bonds is 3. The molecule has 3 aromatic carbocycles. The normalized spacial score (nSPS) is 11.0. The van der Waals surface area contributed by atoms with Gasteiger partial charge >= 0.3 is 11.8 Å². The number of fused-ring (bicyclic) bond motifs is 2. The molecule has 0 aromatic heterocycles. The molecule has 0 spiro atoms. The molecule has 3 rings (SSSR count). The number of hydrogen-bond acceptors (Lipinski definition) is 3. The molecule has 0 unspecified atom stereocenters. The van der Waals surface area contributed by atoms with Crippen LogP contribution in [0.5, 0.6) is 0 Å². The quantitative estimate of drug-likeness (QED) is 0.337. The van der Waals surface area contributed by atoms with Crippen LogP contribution < -0.4 is 10.7 Å². The van der Waals surface area contributed by atoms with Crippen molar-refractivity contribution in [1.29, 1.82) is 0 Å². The molecule has 0 fully saturated rings. The zero-order valence-corrected chi connectivity index (χ0v) is 13.2. The van der Waals surface area contributed by atoms with Crippen LogP contribution in [0, 0.1) is 0 Å². The van der Waals surface area contributed by atoms with Gasteiger partial charge in [0.1, 0.15) is 0 Å². The third kappa shape index (κ3) is 3.10. The van der Waals surface area contributed by atoms with E-state index in [0.29, 0.717) is 6.54 Å². The lowest BCUT2D eigenvalue weighted by Gasteiger charge is -2.07. The van der Waals surface area contributed by atoms with Crippen LogP contribution in [0.15, 0.2) is 59.7 Å². The van der Waals surface area contributed by atoms with Crippen molar-refractivity contribution in [2.75, 3.05) is 6.54 Å². The van der Waals surface area contributed by atoms with Gasteiger partial charge in [0.05, 0.1) is 6.21 Å². The molecular formula is C19H17N3O2. The highest BCUT2D eigenvalue weighted by Gasteiger charge is 2.10.